The molecule has 0 aliphatic carbocycles. The van der Waals surface area contributed by atoms with Crippen molar-refractivity contribution in [2.75, 3.05) is 12.4 Å². The van der Waals surface area contributed by atoms with E-state index < -0.39 is 15.9 Å². The van der Waals surface area contributed by atoms with E-state index in [1.54, 1.807) is 6.92 Å². The van der Waals surface area contributed by atoms with Gasteiger partial charge in [0.05, 0.1) is 5.75 Å². The maximum absolute atomic E-state index is 11.3. The highest BCUT2D eigenvalue weighted by Gasteiger charge is 2.45. The van der Waals surface area contributed by atoms with Crippen LogP contribution in [0.25, 0.3) is 0 Å². The summed E-state index contributed by atoms with van der Waals surface area (Å²) in [5.41, 5.74) is 0. The Hall–Kier alpha value is -0.130. The smallest absolute Gasteiger partial charge is 0.270 e. The lowest BCUT2D eigenvalue weighted by atomic mass is 10.3. The molecule has 1 atom stereocenters. The predicted octanol–water partition coefficient (Wildman–Crippen LogP) is 1.27. The van der Waals surface area contributed by atoms with Crippen LogP contribution in [-0.4, -0.2) is 26.6 Å². The fourth-order valence-corrected chi connectivity index (χ4v) is 2.26. The van der Waals surface area contributed by atoms with E-state index in [0.29, 0.717) is 13.0 Å². The van der Waals surface area contributed by atoms with Crippen LogP contribution in [0.3, 0.4) is 0 Å². The molecule has 0 spiro atoms. The second-order valence-electron chi connectivity index (χ2n) is 3.47. The summed E-state index contributed by atoms with van der Waals surface area (Å²) in [4.78, 5) is 0. The maximum atomic E-state index is 11.3. The summed E-state index contributed by atoms with van der Waals surface area (Å²) in [5.74, 6) is -0.759. The predicted molar refractivity (Wildman–Crippen MR) is 48.8 cm³/mol. The Balaban J connectivity index is 2.29. The Morgan fingerprint density at radius 1 is 1.46 bits per heavy atom. The topological polar surface area (TPSA) is 55.9 Å². The first-order valence-corrected chi connectivity index (χ1v) is 6.12. The van der Waals surface area contributed by atoms with Crippen LogP contribution in [0.15, 0.2) is 0 Å². The fraction of sp³-hybridized carbons (Fsp3) is 1.00. The molecule has 1 unspecified atom stereocenters. The van der Waals surface area contributed by atoms with Crippen LogP contribution in [0.4, 0.5) is 0 Å². The normalized spacial score (nSPS) is 27.5. The molecule has 0 bridgehead atoms. The molecule has 1 heterocycles. The zero-order chi connectivity index (χ0) is 9.95. The lowest BCUT2D eigenvalue weighted by molar-refractivity contribution is 0.0875. The van der Waals surface area contributed by atoms with Gasteiger partial charge in [-0.15, -0.1) is 0 Å². The van der Waals surface area contributed by atoms with Crippen LogP contribution >= 0.6 is 0 Å². The average molecular weight is 208 g/mol. The van der Waals surface area contributed by atoms with Gasteiger partial charge in [0.25, 0.3) is 10.1 Å². The molecule has 0 N–H and O–H groups in total. The molecule has 0 radical (unpaired) electrons. The number of epoxide rings is 1. The van der Waals surface area contributed by atoms with E-state index in [0.717, 1.165) is 12.8 Å². The van der Waals surface area contributed by atoms with Gasteiger partial charge in [0, 0.05) is 0 Å². The number of unbranched alkanes of at least 4 members (excludes halogenated alkanes) is 2. The minimum atomic E-state index is -3.37. The average Bonchev–Trinajstić information content (AvgIpc) is 2.66. The van der Waals surface area contributed by atoms with Crippen LogP contribution in [0.1, 0.15) is 33.1 Å². The van der Waals surface area contributed by atoms with Crippen molar-refractivity contribution in [1.29, 1.82) is 0 Å². The summed E-state index contributed by atoms with van der Waals surface area (Å²) in [7, 11) is -3.37. The summed E-state index contributed by atoms with van der Waals surface area (Å²) in [6.07, 6.45) is 2.58. The summed E-state index contributed by atoms with van der Waals surface area (Å²) in [5, 5.41) is 0. The zero-order valence-corrected chi connectivity index (χ0v) is 8.89. The molecule has 1 fully saturated rings. The van der Waals surface area contributed by atoms with Crippen molar-refractivity contribution < 1.29 is 17.3 Å². The third kappa shape index (κ3) is 4.06. The molecule has 1 aliphatic heterocycles. The van der Waals surface area contributed by atoms with Gasteiger partial charge >= 0.3 is 0 Å². The molecule has 5 heteroatoms. The molecule has 78 valence electrons. The monoisotopic (exact) mass is 208 g/mol. The Labute approximate surface area is 79.3 Å². The van der Waals surface area contributed by atoms with E-state index in [9.17, 15) is 8.42 Å². The third-order valence-electron chi connectivity index (χ3n) is 1.85. The van der Waals surface area contributed by atoms with Gasteiger partial charge in [0.1, 0.15) is 6.61 Å². The summed E-state index contributed by atoms with van der Waals surface area (Å²) < 4.78 is 32.2. The summed E-state index contributed by atoms with van der Waals surface area (Å²) in [6, 6.07) is 0. The van der Waals surface area contributed by atoms with E-state index in [4.69, 9.17) is 8.92 Å². The highest BCUT2D eigenvalue weighted by Crippen LogP contribution is 2.29. The molecule has 13 heavy (non-hydrogen) atoms. The molecule has 0 aromatic carbocycles. The minimum Gasteiger partial charge on any atom is -0.341 e. The van der Waals surface area contributed by atoms with Crippen LogP contribution in [-0.2, 0) is 19.0 Å². The van der Waals surface area contributed by atoms with Gasteiger partial charge in [0.2, 0.25) is 5.79 Å². The van der Waals surface area contributed by atoms with Gasteiger partial charge in [-0.05, 0) is 13.3 Å². The number of ether oxygens (including phenoxy) is 1. The van der Waals surface area contributed by atoms with Crippen molar-refractivity contribution in [3.63, 3.8) is 0 Å². The van der Waals surface area contributed by atoms with Crippen LogP contribution < -0.4 is 0 Å². The zero-order valence-electron chi connectivity index (χ0n) is 8.08. The molecule has 0 saturated carbocycles. The molecule has 0 aromatic rings. The Bertz CT molecular complexity index is 253. The van der Waals surface area contributed by atoms with Gasteiger partial charge < -0.3 is 4.74 Å². The largest absolute Gasteiger partial charge is 0.341 e. The Morgan fingerprint density at radius 2 is 2.08 bits per heavy atom. The van der Waals surface area contributed by atoms with Crippen molar-refractivity contribution in [1.82, 2.24) is 0 Å². The van der Waals surface area contributed by atoms with Gasteiger partial charge in [-0.1, -0.05) is 19.8 Å². The Kier molecular flexibility index (Phi) is 3.32. The number of rotatable bonds is 6. The Morgan fingerprint density at radius 3 is 2.54 bits per heavy atom. The van der Waals surface area contributed by atoms with Crippen LogP contribution in [0, 0.1) is 0 Å². The molecule has 1 aliphatic rings. The highest BCUT2D eigenvalue weighted by molar-refractivity contribution is 7.86. The van der Waals surface area contributed by atoms with Crippen molar-refractivity contribution >= 4 is 10.1 Å². The lowest BCUT2D eigenvalue weighted by Crippen LogP contribution is -2.20. The minimum absolute atomic E-state index is 0.0970. The first kappa shape index (κ1) is 10.9. The van der Waals surface area contributed by atoms with Crippen LogP contribution in [0.2, 0.25) is 0 Å². The molecular formula is C8H16O4S. The van der Waals surface area contributed by atoms with Crippen molar-refractivity contribution in [2.24, 2.45) is 0 Å². The second-order valence-corrected chi connectivity index (χ2v) is 5.16. The van der Waals surface area contributed by atoms with E-state index in [1.807, 2.05) is 6.92 Å². The molecule has 0 aromatic heterocycles. The van der Waals surface area contributed by atoms with Crippen molar-refractivity contribution in [3.05, 3.63) is 0 Å². The molecular weight excluding hydrogens is 192 g/mol. The van der Waals surface area contributed by atoms with Crippen molar-refractivity contribution in [2.45, 2.75) is 38.9 Å². The number of hydrogen-bond acceptors (Lipinski definition) is 4. The fourth-order valence-electron chi connectivity index (χ4n) is 0.989. The molecule has 1 rings (SSSR count). The SMILES string of the molecule is CCCCCS(=O)(=O)OC1(C)CO1. The third-order valence-corrected chi connectivity index (χ3v) is 3.25. The van der Waals surface area contributed by atoms with E-state index in [1.165, 1.54) is 0 Å². The van der Waals surface area contributed by atoms with Gasteiger partial charge in [0.15, 0.2) is 0 Å². The highest BCUT2D eigenvalue weighted by atomic mass is 32.2. The summed E-state index contributed by atoms with van der Waals surface area (Å²) in [6.45, 7) is 4.03. The van der Waals surface area contributed by atoms with Gasteiger partial charge in [-0.3, -0.25) is 0 Å². The molecule has 4 nitrogen and oxygen atoms in total. The van der Waals surface area contributed by atoms with Crippen molar-refractivity contribution in [3.8, 4) is 0 Å². The van der Waals surface area contributed by atoms with Gasteiger partial charge in [-0.25, -0.2) is 4.18 Å². The first-order valence-electron chi connectivity index (χ1n) is 4.55. The maximum Gasteiger partial charge on any atom is 0.270 e. The van der Waals surface area contributed by atoms with Gasteiger partial charge in [-0.2, -0.15) is 8.42 Å². The van der Waals surface area contributed by atoms with Crippen LogP contribution in [0.5, 0.6) is 0 Å². The second kappa shape index (κ2) is 3.94. The van der Waals surface area contributed by atoms with E-state index >= 15 is 0 Å². The van der Waals surface area contributed by atoms with E-state index in [-0.39, 0.29) is 5.75 Å². The standard InChI is InChI=1S/C8H16O4S/c1-3-4-5-6-13(9,10)12-8(2)7-11-8/h3-7H2,1-2H3. The number of hydrogen-bond donors (Lipinski definition) is 0. The molecule has 1 saturated heterocycles. The summed E-state index contributed by atoms with van der Waals surface area (Å²) >= 11 is 0. The van der Waals surface area contributed by atoms with E-state index in [2.05, 4.69) is 0 Å². The first-order chi connectivity index (χ1) is 5.97. The quantitative estimate of drug-likeness (QED) is 0.375. The lowest BCUT2D eigenvalue weighted by Gasteiger charge is -2.07. The molecule has 0 amide bonds.